The van der Waals surface area contributed by atoms with E-state index in [1.54, 1.807) is 36.1 Å². The lowest BCUT2D eigenvalue weighted by Gasteiger charge is -2.28. The molecular formula is C24H23IN2O8S2. The van der Waals surface area contributed by atoms with Crippen LogP contribution in [-0.2, 0) is 24.4 Å². The normalized spacial score (nSPS) is 17.4. The molecule has 2 heterocycles. The molecule has 2 aliphatic heterocycles. The summed E-state index contributed by atoms with van der Waals surface area (Å²) in [6.07, 6.45) is 1.50. The Morgan fingerprint density at radius 3 is 2.54 bits per heavy atom. The number of thioether (sulfide) groups is 1. The molecule has 0 radical (unpaired) electrons. The third kappa shape index (κ3) is 6.45. The van der Waals surface area contributed by atoms with Crippen LogP contribution >= 0.6 is 34.4 Å². The first-order chi connectivity index (χ1) is 17.7. The first-order valence-electron chi connectivity index (χ1n) is 11.3. The molecule has 0 aliphatic carbocycles. The van der Waals surface area contributed by atoms with E-state index in [0.29, 0.717) is 35.4 Å². The van der Waals surface area contributed by atoms with Gasteiger partial charge in [-0.25, -0.2) is 0 Å². The molecular weight excluding hydrogens is 635 g/mol. The van der Waals surface area contributed by atoms with Gasteiger partial charge in [-0.3, -0.25) is 19.3 Å². The molecule has 0 bridgehead atoms. The van der Waals surface area contributed by atoms with Gasteiger partial charge in [0.1, 0.15) is 11.4 Å². The van der Waals surface area contributed by atoms with Crippen LogP contribution in [-0.4, -0.2) is 74.7 Å². The average molecular weight is 658 g/mol. The molecule has 0 saturated carbocycles. The van der Waals surface area contributed by atoms with Gasteiger partial charge in [-0.05, 0) is 77.2 Å². The Morgan fingerprint density at radius 1 is 1.16 bits per heavy atom. The topological polar surface area (TPSA) is 120 Å². The fourth-order valence-corrected chi connectivity index (χ4v) is 6.30. The molecule has 0 atom stereocenters. The average Bonchev–Trinajstić information content (AvgIpc) is 3.14. The highest BCUT2D eigenvalue weighted by molar-refractivity contribution is 14.1. The van der Waals surface area contributed by atoms with Crippen LogP contribution in [0.15, 0.2) is 52.3 Å². The molecule has 196 valence electrons. The molecule has 0 aromatic heterocycles. The van der Waals surface area contributed by atoms with Crippen molar-refractivity contribution in [1.82, 2.24) is 9.80 Å². The molecule has 0 N–H and O–H groups in total. The number of morpholine rings is 1. The van der Waals surface area contributed by atoms with Crippen molar-refractivity contribution in [1.29, 1.82) is 0 Å². The summed E-state index contributed by atoms with van der Waals surface area (Å²) < 4.78 is 42.3. The fraction of sp³-hybridized carbons (Fsp3) is 0.292. The van der Waals surface area contributed by atoms with Crippen LogP contribution in [0.25, 0.3) is 6.08 Å². The molecule has 0 spiro atoms. The number of benzene rings is 2. The Balaban J connectivity index is 1.56. The number of amides is 3. The lowest BCUT2D eigenvalue weighted by atomic mass is 10.2. The second-order valence-corrected chi connectivity index (χ2v) is 11.6. The minimum atomic E-state index is -4.11. The number of ether oxygens (including phenoxy) is 2. The summed E-state index contributed by atoms with van der Waals surface area (Å²) in [6, 6.07) is 10.9. The summed E-state index contributed by atoms with van der Waals surface area (Å²) in [5.41, 5.74) is 0.502. The van der Waals surface area contributed by atoms with Crippen molar-refractivity contribution in [2.75, 3.05) is 39.5 Å². The molecule has 2 fully saturated rings. The van der Waals surface area contributed by atoms with Crippen LogP contribution in [0.3, 0.4) is 0 Å². The van der Waals surface area contributed by atoms with Crippen molar-refractivity contribution in [3.05, 3.63) is 56.5 Å². The number of hydrogen-bond donors (Lipinski definition) is 0. The van der Waals surface area contributed by atoms with Crippen molar-refractivity contribution in [3.63, 3.8) is 0 Å². The monoisotopic (exact) mass is 658 g/mol. The van der Waals surface area contributed by atoms with E-state index in [1.807, 2.05) is 22.6 Å². The molecule has 4 rings (SSSR count). The van der Waals surface area contributed by atoms with Gasteiger partial charge in [-0.2, -0.15) is 8.42 Å². The molecule has 2 saturated heterocycles. The first-order valence-corrected chi connectivity index (χ1v) is 14.6. The van der Waals surface area contributed by atoms with Gasteiger partial charge in [-0.15, -0.1) is 0 Å². The van der Waals surface area contributed by atoms with Gasteiger partial charge < -0.3 is 18.6 Å². The maximum atomic E-state index is 12.9. The number of hydrogen-bond acceptors (Lipinski definition) is 9. The van der Waals surface area contributed by atoms with Crippen LogP contribution in [0.4, 0.5) is 4.79 Å². The zero-order chi connectivity index (χ0) is 26.6. The van der Waals surface area contributed by atoms with Gasteiger partial charge >= 0.3 is 10.1 Å². The number of imide groups is 1. The van der Waals surface area contributed by atoms with E-state index in [4.69, 9.17) is 13.7 Å². The highest BCUT2D eigenvalue weighted by Gasteiger charge is 2.37. The van der Waals surface area contributed by atoms with E-state index in [1.165, 1.54) is 24.3 Å². The van der Waals surface area contributed by atoms with Crippen molar-refractivity contribution < 1.29 is 36.5 Å². The second kappa shape index (κ2) is 11.8. The second-order valence-electron chi connectivity index (χ2n) is 7.87. The van der Waals surface area contributed by atoms with E-state index in [-0.39, 0.29) is 40.4 Å². The van der Waals surface area contributed by atoms with E-state index in [9.17, 15) is 22.8 Å². The molecule has 37 heavy (non-hydrogen) atoms. The lowest BCUT2D eigenvalue weighted by molar-refractivity contribution is -0.139. The van der Waals surface area contributed by atoms with Crippen LogP contribution in [0.1, 0.15) is 12.5 Å². The maximum Gasteiger partial charge on any atom is 0.339 e. The first kappa shape index (κ1) is 27.4. The van der Waals surface area contributed by atoms with Gasteiger partial charge in [0, 0.05) is 13.1 Å². The number of halogens is 1. The van der Waals surface area contributed by atoms with Gasteiger partial charge in [0.15, 0.2) is 11.5 Å². The van der Waals surface area contributed by atoms with Crippen LogP contribution in [0, 0.1) is 3.57 Å². The smallest absolute Gasteiger partial charge is 0.339 e. The molecule has 2 aliphatic rings. The zero-order valence-corrected chi connectivity index (χ0v) is 23.5. The molecule has 0 unspecified atom stereocenters. The summed E-state index contributed by atoms with van der Waals surface area (Å²) in [4.78, 5) is 40.6. The van der Waals surface area contributed by atoms with Crippen molar-refractivity contribution in [2.45, 2.75) is 11.8 Å². The number of nitrogens with zero attached hydrogens (tertiary/aromatic N) is 2. The third-order valence-corrected chi connectivity index (χ3v) is 8.33. The minimum Gasteiger partial charge on any atom is -0.490 e. The molecule has 13 heteroatoms. The third-order valence-electron chi connectivity index (χ3n) is 5.39. The fourth-order valence-electron chi connectivity index (χ4n) is 3.60. The highest BCUT2D eigenvalue weighted by atomic mass is 127. The van der Waals surface area contributed by atoms with Gasteiger partial charge in [0.25, 0.3) is 11.1 Å². The standard InChI is InChI=1S/C24H23IN2O8S2/c1-2-34-19-13-16(12-18(25)22(19)35-37(31,32)17-6-4-3-5-7-17)14-20-23(29)27(24(30)36-20)15-21(28)26-8-10-33-11-9-26/h3-7,12-14H,2,8-11,15H2,1H3/b20-14-. The molecule has 3 amide bonds. The number of carbonyl (C=O) groups is 3. The Labute approximate surface area is 232 Å². The van der Waals surface area contributed by atoms with Gasteiger partial charge in [0.05, 0.1) is 28.3 Å². The van der Waals surface area contributed by atoms with Crippen LogP contribution in [0.5, 0.6) is 11.5 Å². The van der Waals surface area contributed by atoms with E-state index >= 15 is 0 Å². The van der Waals surface area contributed by atoms with Crippen molar-refractivity contribution in [3.8, 4) is 11.5 Å². The SMILES string of the molecule is CCOc1cc(/C=C2\SC(=O)N(CC(=O)N3CCOCC3)C2=O)cc(I)c1OS(=O)(=O)c1ccccc1. The summed E-state index contributed by atoms with van der Waals surface area (Å²) >= 11 is 2.66. The Bertz CT molecular complexity index is 1340. The van der Waals surface area contributed by atoms with Gasteiger partial charge in [-0.1, -0.05) is 18.2 Å². The van der Waals surface area contributed by atoms with Crippen LogP contribution in [0.2, 0.25) is 0 Å². The molecule has 2 aromatic carbocycles. The quantitative estimate of drug-likeness (QED) is 0.239. The van der Waals surface area contributed by atoms with Crippen LogP contribution < -0.4 is 8.92 Å². The van der Waals surface area contributed by atoms with Crippen molar-refractivity contribution >= 4 is 67.6 Å². The Hall–Kier alpha value is -2.62. The molecule has 10 nitrogen and oxygen atoms in total. The summed E-state index contributed by atoms with van der Waals surface area (Å²) in [5.74, 6) is -0.702. The summed E-state index contributed by atoms with van der Waals surface area (Å²) in [6.45, 7) is 3.30. The largest absolute Gasteiger partial charge is 0.490 e. The maximum absolute atomic E-state index is 12.9. The Kier molecular flexibility index (Phi) is 8.77. The van der Waals surface area contributed by atoms with Crippen molar-refractivity contribution in [2.24, 2.45) is 0 Å². The lowest BCUT2D eigenvalue weighted by Crippen LogP contribution is -2.46. The van der Waals surface area contributed by atoms with E-state index in [2.05, 4.69) is 0 Å². The number of carbonyl (C=O) groups excluding carboxylic acids is 3. The predicted octanol–water partition coefficient (Wildman–Crippen LogP) is 3.35. The summed E-state index contributed by atoms with van der Waals surface area (Å²) in [5, 5.41) is -0.536. The Morgan fingerprint density at radius 2 is 1.86 bits per heavy atom. The van der Waals surface area contributed by atoms with E-state index in [0.717, 1.165) is 16.7 Å². The zero-order valence-electron chi connectivity index (χ0n) is 19.7. The highest BCUT2D eigenvalue weighted by Crippen LogP contribution is 2.38. The number of rotatable bonds is 8. The minimum absolute atomic E-state index is 0.00220. The van der Waals surface area contributed by atoms with E-state index < -0.39 is 21.3 Å². The molecule has 2 aromatic rings. The predicted molar refractivity (Wildman–Crippen MR) is 145 cm³/mol. The van der Waals surface area contributed by atoms with Gasteiger partial charge in [0.2, 0.25) is 5.91 Å². The summed E-state index contributed by atoms with van der Waals surface area (Å²) in [7, 11) is -4.11.